The van der Waals surface area contributed by atoms with Gasteiger partial charge in [0.05, 0.1) is 11.4 Å². The number of rotatable bonds is 6. The molecule has 3 nitrogen and oxygen atoms in total. The normalized spacial score (nSPS) is 12.3. The van der Waals surface area contributed by atoms with Crippen LogP contribution in [0.2, 0.25) is 5.02 Å². The largest absolute Gasteiger partial charge is 0.252 e. The number of hydrogen-bond acceptors (Lipinski definition) is 2. The molecule has 0 saturated carbocycles. The molecule has 0 heterocycles. The molecule has 0 atom stereocenters. The van der Waals surface area contributed by atoms with Gasteiger partial charge in [0.15, 0.2) is 0 Å². The van der Waals surface area contributed by atoms with Crippen molar-refractivity contribution >= 4 is 33.2 Å². The van der Waals surface area contributed by atoms with Crippen LogP contribution in [0, 0.1) is 0 Å². The molecule has 1 aromatic carbocycles. The predicted molar refractivity (Wildman–Crippen MR) is 66.9 cm³/mol. The Balaban J connectivity index is 3.04. The van der Waals surface area contributed by atoms with Gasteiger partial charge in [-0.05, 0) is 24.3 Å². The Kier molecular flexibility index (Phi) is 5.78. The molecular formula is C10H11Cl2F2NO2S. The number of halogens is 4. The van der Waals surface area contributed by atoms with Gasteiger partial charge in [-0.2, -0.15) is 4.31 Å². The average Bonchev–Trinajstić information content (AvgIpc) is 2.28. The molecule has 0 aromatic heterocycles. The zero-order valence-corrected chi connectivity index (χ0v) is 11.5. The van der Waals surface area contributed by atoms with E-state index >= 15 is 0 Å². The van der Waals surface area contributed by atoms with Crippen LogP contribution in [0.15, 0.2) is 29.2 Å². The van der Waals surface area contributed by atoms with Crippen molar-refractivity contribution in [1.29, 1.82) is 0 Å². The van der Waals surface area contributed by atoms with Crippen LogP contribution in [0.25, 0.3) is 0 Å². The smallest absolute Gasteiger partial charge is 0.209 e. The molecule has 0 N–H and O–H groups in total. The first-order valence-corrected chi connectivity index (χ1v) is 7.33. The summed E-state index contributed by atoms with van der Waals surface area (Å²) in [5, 5.41) is 0.367. The minimum Gasteiger partial charge on any atom is -0.209 e. The lowest BCUT2D eigenvalue weighted by atomic mass is 10.4. The van der Waals surface area contributed by atoms with Gasteiger partial charge in [-0.25, -0.2) is 17.2 Å². The molecule has 1 aromatic rings. The van der Waals surface area contributed by atoms with Crippen LogP contribution in [-0.4, -0.2) is 38.1 Å². The second-order valence-corrected chi connectivity index (χ2v) is 6.15. The van der Waals surface area contributed by atoms with E-state index in [1.807, 2.05) is 0 Å². The summed E-state index contributed by atoms with van der Waals surface area (Å²) in [7, 11) is -3.96. The van der Waals surface area contributed by atoms with Crippen molar-refractivity contribution in [3.05, 3.63) is 29.3 Å². The van der Waals surface area contributed by atoms with Crippen molar-refractivity contribution in [3.8, 4) is 0 Å². The van der Waals surface area contributed by atoms with E-state index in [1.165, 1.54) is 24.3 Å². The van der Waals surface area contributed by atoms with Crippen molar-refractivity contribution in [1.82, 2.24) is 4.31 Å². The zero-order valence-electron chi connectivity index (χ0n) is 9.19. The van der Waals surface area contributed by atoms with Gasteiger partial charge in [0, 0.05) is 17.4 Å². The van der Waals surface area contributed by atoms with Crippen LogP contribution in [0.4, 0.5) is 8.78 Å². The quantitative estimate of drug-likeness (QED) is 0.757. The van der Waals surface area contributed by atoms with E-state index in [0.717, 1.165) is 0 Å². The van der Waals surface area contributed by atoms with Crippen LogP contribution in [0.1, 0.15) is 0 Å². The highest BCUT2D eigenvalue weighted by Gasteiger charge is 2.26. The topological polar surface area (TPSA) is 37.4 Å². The predicted octanol–water partition coefficient (Wildman–Crippen LogP) is 2.83. The average molecular weight is 318 g/mol. The highest BCUT2D eigenvalue weighted by molar-refractivity contribution is 7.89. The fourth-order valence-electron chi connectivity index (χ4n) is 1.31. The molecule has 0 radical (unpaired) electrons. The van der Waals surface area contributed by atoms with E-state index in [1.54, 1.807) is 0 Å². The van der Waals surface area contributed by atoms with Gasteiger partial charge < -0.3 is 0 Å². The summed E-state index contributed by atoms with van der Waals surface area (Å²) in [6, 6.07) is 5.31. The number of alkyl halides is 3. The minimum absolute atomic E-state index is 0.0560. The van der Waals surface area contributed by atoms with Crippen LogP contribution >= 0.6 is 23.2 Å². The van der Waals surface area contributed by atoms with Crippen LogP contribution < -0.4 is 0 Å². The molecule has 0 unspecified atom stereocenters. The fourth-order valence-corrected chi connectivity index (χ4v) is 3.16. The second kappa shape index (κ2) is 6.65. The maximum Gasteiger partial charge on any atom is 0.252 e. The summed E-state index contributed by atoms with van der Waals surface area (Å²) in [5.41, 5.74) is 0. The number of nitrogens with zero attached hydrogens (tertiary/aromatic N) is 1. The number of benzene rings is 1. The van der Waals surface area contributed by atoms with Gasteiger partial charge in [-0.3, -0.25) is 0 Å². The molecule has 8 heteroatoms. The van der Waals surface area contributed by atoms with Gasteiger partial charge >= 0.3 is 0 Å². The Bertz CT molecular complexity index is 479. The van der Waals surface area contributed by atoms with Crippen molar-refractivity contribution < 1.29 is 17.2 Å². The molecule has 0 amide bonds. The lowest BCUT2D eigenvalue weighted by molar-refractivity contribution is 0.121. The Labute approximate surface area is 114 Å². The first kappa shape index (κ1) is 15.6. The van der Waals surface area contributed by atoms with E-state index in [0.29, 0.717) is 9.33 Å². The lowest BCUT2D eigenvalue weighted by Crippen LogP contribution is -2.36. The van der Waals surface area contributed by atoms with E-state index in [9.17, 15) is 17.2 Å². The van der Waals surface area contributed by atoms with Crippen LogP contribution in [0.3, 0.4) is 0 Å². The molecule has 0 aliphatic rings. The van der Waals surface area contributed by atoms with Gasteiger partial charge in [-0.15, -0.1) is 11.6 Å². The third kappa shape index (κ3) is 4.05. The molecule has 0 saturated heterocycles. The summed E-state index contributed by atoms with van der Waals surface area (Å²) in [6.07, 6.45) is -2.75. The molecule has 0 aliphatic heterocycles. The summed E-state index contributed by atoms with van der Waals surface area (Å²) >= 11 is 11.1. The summed E-state index contributed by atoms with van der Waals surface area (Å²) in [5.74, 6) is -0.0560. The van der Waals surface area contributed by atoms with E-state index in [4.69, 9.17) is 23.2 Å². The summed E-state index contributed by atoms with van der Waals surface area (Å²) in [6.45, 7) is -1.05. The van der Waals surface area contributed by atoms with Gasteiger partial charge in [0.25, 0.3) is 6.43 Å². The standard InChI is InChI=1S/C10H11Cl2F2NO2S/c11-5-6-15(7-10(13)14)18(16,17)9-3-1-8(12)2-4-9/h1-4,10H,5-7H2. The number of sulfonamides is 1. The zero-order chi connectivity index (χ0) is 13.8. The minimum atomic E-state index is -3.96. The van der Waals surface area contributed by atoms with Gasteiger partial charge in [-0.1, -0.05) is 11.6 Å². The van der Waals surface area contributed by atoms with Crippen molar-refractivity contribution in [3.63, 3.8) is 0 Å². The van der Waals surface area contributed by atoms with Crippen molar-refractivity contribution in [2.24, 2.45) is 0 Å². The van der Waals surface area contributed by atoms with Gasteiger partial charge in [0.1, 0.15) is 0 Å². The third-order valence-corrected chi connectivity index (χ3v) is 4.43. The molecular weight excluding hydrogens is 307 g/mol. The van der Waals surface area contributed by atoms with E-state index in [-0.39, 0.29) is 17.3 Å². The van der Waals surface area contributed by atoms with Crippen molar-refractivity contribution in [2.75, 3.05) is 19.0 Å². The molecule has 1 rings (SSSR count). The van der Waals surface area contributed by atoms with E-state index < -0.39 is 23.0 Å². The fraction of sp³-hybridized carbons (Fsp3) is 0.400. The lowest BCUT2D eigenvalue weighted by Gasteiger charge is -2.20. The molecule has 102 valence electrons. The Hall–Kier alpha value is -0.430. The highest BCUT2D eigenvalue weighted by Crippen LogP contribution is 2.19. The van der Waals surface area contributed by atoms with Crippen LogP contribution in [-0.2, 0) is 10.0 Å². The monoisotopic (exact) mass is 317 g/mol. The van der Waals surface area contributed by atoms with Crippen molar-refractivity contribution in [2.45, 2.75) is 11.3 Å². The Morgan fingerprint density at radius 3 is 2.22 bits per heavy atom. The van der Waals surface area contributed by atoms with E-state index in [2.05, 4.69) is 0 Å². The Morgan fingerprint density at radius 1 is 1.22 bits per heavy atom. The SMILES string of the molecule is O=S(=O)(c1ccc(Cl)cc1)N(CCCl)CC(F)F. The Morgan fingerprint density at radius 2 is 1.78 bits per heavy atom. The summed E-state index contributed by atoms with van der Waals surface area (Å²) < 4.78 is 49.5. The van der Waals surface area contributed by atoms with Gasteiger partial charge in [0.2, 0.25) is 10.0 Å². The molecule has 0 fully saturated rings. The second-order valence-electron chi connectivity index (χ2n) is 3.40. The first-order chi connectivity index (χ1) is 8.37. The summed E-state index contributed by atoms with van der Waals surface area (Å²) in [4.78, 5) is -0.0855. The molecule has 0 bridgehead atoms. The maximum absolute atomic E-state index is 12.3. The molecule has 18 heavy (non-hydrogen) atoms. The molecule has 0 spiro atoms. The maximum atomic E-state index is 12.3. The van der Waals surface area contributed by atoms with Crippen LogP contribution in [0.5, 0.6) is 0 Å². The first-order valence-electron chi connectivity index (χ1n) is 4.97. The molecule has 0 aliphatic carbocycles. The third-order valence-electron chi connectivity index (χ3n) is 2.13. The number of hydrogen-bond donors (Lipinski definition) is 0. The highest BCUT2D eigenvalue weighted by atomic mass is 35.5.